The molecule has 306 valence electrons. The molecule has 2 fully saturated rings. The van der Waals surface area contributed by atoms with E-state index in [1.54, 1.807) is 19.6 Å². The van der Waals surface area contributed by atoms with E-state index >= 15 is 0 Å². The van der Waals surface area contributed by atoms with Crippen molar-refractivity contribution in [2.24, 2.45) is 0 Å². The fourth-order valence-corrected chi connectivity index (χ4v) is 8.42. The fourth-order valence-electron chi connectivity index (χ4n) is 8.42. The van der Waals surface area contributed by atoms with Crippen LogP contribution in [-0.2, 0) is 6.42 Å². The minimum atomic E-state index is -0.102. The van der Waals surface area contributed by atoms with Gasteiger partial charge in [-0.1, -0.05) is 103 Å². The molecule has 15 rings (SSSR count). The van der Waals surface area contributed by atoms with Crippen LogP contribution in [0.5, 0.6) is 0 Å². The van der Waals surface area contributed by atoms with Crippen molar-refractivity contribution in [3.8, 4) is 33.8 Å². The molecule has 10 aromatic rings. The van der Waals surface area contributed by atoms with E-state index in [1.165, 1.54) is 0 Å². The molecule has 0 radical (unpaired) electrons. The molecule has 64 heavy (non-hydrogen) atoms. The number of nitrogens with zero attached hydrogens (tertiary/aromatic N) is 15. The second kappa shape index (κ2) is 13.7. The van der Waals surface area contributed by atoms with Crippen molar-refractivity contribution in [3.05, 3.63) is 160 Å². The summed E-state index contributed by atoms with van der Waals surface area (Å²) in [5, 5.41) is 38.3. The van der Waals surface area contributed by atoms with E-state index in [0.717, 1.165) is 59.6 Å². The lowest BCUT2D eigenvalue weighted by molar-refractivity contribution is 0.103. The Kier molecular flexibility index (Phi) is 7.69. The van der Waals surface area contributed by atoms with Gasteiger partial charge in [0.05, 0.1) is 0 Å². The third kappa shape index (κ3) is 5.61. The Hall–Kier alpha value is -8.67. The molecule has 0 amide bonds. The van der Waals surface area contributed by atoms with Crippen molar-refractivity contribution in [2.75, 3.05) is 0 Å². The van der Waals surface area contributed by atoms with Gasteiger partial charge >= 0.3 is 0 Å². The predicted molar refractivity (Wildman–Crippen MR) is 226 cm³/mol. The summed E-state index contributed by atoms with van der Waals surface area (Å²) in [7, 11) is 0. The molecule has 5 aliphatic carbocycles. The number of carbonyl (C=O) groups excluding carboxylic acids is 3. The molecule has 6 heterocycles. The van der Waals surface area contributed by atoms with Gasteiger partial charge < -0.3 is 0 Å². The van der Waals surface area contributed by atoms with Gasteiger partial charge in [0.25, 0.3) is 17.3 Å². The number of ketones is 3. The summed E-state index contributed by atoms with van der Waals surface area (Å²) in [5.74, 6) is 4.21. The van der Waals surface area contributed by atoms with Crippen LogP contribution in [0, 0.1) is 0 Å². The first-order valence-corrected chi connectivity index (χ1v) is 20.8. The third-order valence-electron chi connectivity index (χ3n) is 11.9. The average Bonchev–Trinajstić information content (AvgIpc) is 4.16. The van der Waals surface area contributed by atoms with Crippen LogP contribution in [0.2, 0.25) is 0 Å². The van der Waals surface area contributed by atoms with Crippen molar-refractivity contribution >= 4 is 34.7 Å². The van der Waals surface area contributed by atoms with Crippen LogP contribution >= 0.6 is 0 Å². The van der Waals surface area contributed by atoms with Crippen LogP contribution in [0.15, 0.2) is 103 Å². The largest absolute Gasteiger partial charge is 0.287 e. The molecule has 0 saturated heterocycles. The molecule has 4 aromatic carbocycles. The van der Waals surface area contributed by atoms with Gasteiger partial charge in [0, 0.05) is 51.6 Å². The number of hydrogen-bond donors (Lipinski definition) is 0. The maximum Gasteiger partial charge on any atom is 0.272 e. The summed E-state index contributed by atoms with van der Waals surface area (Å²) in [6.45, 7) is 0. The Morgan fingerprint density at radius 3 is 1.30 bits per heavy atom. The van der Waals surface area contributed by atoms with Crippen LogP contribution in [-0.4, -0.2) is 91.7 Å². The van der Waals surface area contributed by atoms with Crippen LogP contribution in [0.4, 0.5) is 0 Å². The highest BCUT2D eigenvalue weighted by molar-refractivity contribution is 6.21. The summed E-state index contributed by atoms with van der Waals surface area (Å²) in [4.78, 5) is 50.6. The van der Waals surface area contributed by atoms with Crippen molar-refractivity contribution in [1.82, 2.24) is 74.4 Å². The molecule has 18 nitrogen and oxygen atoms in total. The zero-order valence-electron chi connectivity index (χ0n) is 33.4. The SMILES string of the molecule is O=C1c2ccccc2-c2nc3nnc(C4CC4)n3nc21.O=C1c2ccccc2-c2nc3nnc(Cc4ccccc4)n3nc21.O=C1c2ccccc2-c2nn3c(C4CC4)nnc3nc21. The Morgan fingerprint density at radius 1 is 0.391 bits per heavy atom. The number of aromatic nitrogens is 15. The maximum atomic E-state index is 12.6. The quantitative estimate of drug-likeness (QED) is 0.213. The smallest absolute Gasteiger partial charge is 0.272 e. The van der Waals surface area contributed by atoms with Gasteiger partial charge in [0.2, 0.25) is 17.3 Å². The molecule has 0 unspecified atom stereocenters. The molecule has 0 aliphatic heterocycles. The lowest BCUT2D eigenvalue weighted by Crippen LogP contribution is -2.08. The zero-order valence-corrected chi connectivity index (χ0v) is 33.4. The molecule has 0 spiro atoms. The highest BCUT2D eigenvalue weighted by Crippen LogP contribution is 2.41. The zero-order chi connectivity index (χ0) is 42.6. The number of benzene rings is 4. The van der Waals surface area contributed by atoms with E-state index in [2.05, 4.69) is 60.8 Å². The van der Waals surface area contributed by atoms with Crippen molar-refractivity contribution in [3.63, 3.8) is 0 Å². The van der Waals surface area contributed by atoms with Gasteiger partial charge in [0.15, 0.2) is 28.9 Å². The fraction of sp³-hybridized carbons (Fsp3) is 0.152. The first-order chi connectivity index (χ1) is 31.5. The number of rotatable bonds is 4. The van der Waals surface area contributed by atoms with Gasteiger partial charge in [-0.25, -0.2) is 15.0 Å². The van der Waals surface area contributed by atoms with Gasteiger partial charge in [-0.15, -0.1) is 30.6 Å². The Morgan fingerprint density at radius 2 is 0.781 bits per heavy atom. The standard InChI is InChI=1S/C18H11N5O.2C14H9N5O/c24-17-13-9-5-4-8-12(13)15-16(17)22-23-14(20-21-18(23)19-15)10-11-6-2-1-3-7-11;20-12-9-4-2-1-3-8(9)10-11(12)15-14-17-16-13(7-5-6-7)19(14)18-10;20-12-9-4-2-1-3-8(9)10-11(12)18-19-13(7-5-6-7)16-17-14(19)15-10/h1-9H,10H2;2*1-4,7H,5-6H2. The second-order valence-electron chi connectivity index (χ2n) is 16.1. The lowest BCUT2D eigenvalue weighted by atomic mass is 10.1. The van der Waals surface area contributed by atoms with Crippen molar-refractivity contribution in [2.45, 2.75) is 43.9 Å². The molecular weight excluding hydrogens is 811 g/mol. The highest BCUT2D eigenvalue weighted by Gasteiger charge is 2.36. The summed E-state index contributed by atoms with van der Waals surface area (Å²) < 4.78 is 4.88. The summed E-state index contributed by atoms with van der Waals surface area (Å²) in [6, 6.07) is 32.3. The number of carbonyl (C=O) groups is 3. The van der Waals surface area contributed by atoms with E-state index in [-0.39, 0.29) is 17.3 Å². The van der Waals surface area contributed by atoms with E-state index < -0.39 is 0 Å². The summed E-state index contributed by atoms with van der Waals surface area (Å²) in [6.07, 6.45) is 5.03. The number of fused-ring (bicyclic) bond motifs is 12. The van der Waals surface area contributed by atoms with E-state index in [4.69, 9.17) is 0 Å². The molecule has 18 heteroatoms. The third-order valence-corrected chi connectivity index (χ3v) is 11.9. The van der Waals surface area contributed by atoms with Gasteiger partial charge in [-0.2, -0.15) is 28.8 Å². The molecule has 0 bridgehead atoms. The molecule has 2 saturated carbocycles. The minimum absolute atomic E-state index is 0.0690. The van der Waals surface area contributed by atoms with Gasteiger partial charge in [0.1, 0.15) is 22.8 Å². The molecule has 0 N–H and O–H groups in total. The van der Waals surface area contributed by atoms with Crippen LogP contribution in [0.3, 0.4) is 0 Å². The van der Waals surface area contributed by atoms with Crippen LogP contribution in [0.25, 0.3) is 51.1 Å². The van der Waals surface area contributed by atoms with Gasteiger partial charge in [-0.3, -0.25) is 14.4 Å². The predicted octanol–water partition coefficient (Wildman–Crippen LogP) is 5.54. The summed E-state index contributed by atoms with van der Waals surface area (Å²) >= 11 is 0. The second-order valence-corrected chi connectivity index (χ2v) is 16.1. The Balaban J connectivity index is 0.0000000972. The molecule has 5 aliphatic rings. The molecule has 6 aromatic heterocycles. The Bertz CT molecular complexity index is 3640. The van der Waals surface area contributed by atoms with Crippen LogP contribution in [0.1, 0.15) is 109 Å². The topological polar surface area (TPSA) is 219 Å². The first kappa shape index (κ1) is 36.0. The number of hydrogen-bond acceptors (Lipinski definition) is 15. The monoisotopic (exact) mass is 839 g/mol. The van der Waals surface area contributed by atoms with Crippen molar-refractivity contribution in [1.29, 1.82) is 0 Å². The molecular formula is C46H29N15O3. The first-order valence-electron chi connectivity index (χ1n) is 20.8. The van der Waals surface area contributed by atoms with E-state index in [9.17, 15) is 14.4 Å². The van der Waals surface area contributed by atoms with Crippen molar-refractivity contribution < 1.29 is 14.4 Å². The maximum absolute atomic E-state index is 12.6. The Labute approximate surface area is 360 Å². The molecule has 0 atom stereocenters. The highest BCUT2D eigenvalue weighted by atomic mass is 16.1. The van der Waals surface area contributed by atoms with E-state index in [1.807, 2.05) is 97.1 Å². The normalized spacial score (nSPS) is 15.0. The van der Waals surface area contributed by atoms with Gasteiger partial charge in [-0.05, 0) is 31.2 Å². The van der Waals surface area contributed by atoms with E-state index in [0.29, 0.717) is 92.3 Å². The lowest BCUT2D eigenvalue weighted by Gasteiger charge is -2.01. The average molecular weight is 840 g/mol. The minimum Gasteiger partial charge on any atom is -0.287 e. The van der Waals surface area contributed by atoms with Crippen LogP contribution < -0.4 is 0 Å². The summed E-state index contributed by atoms with van der Waals surface area (Å²) in [5.41, 5.74) is 8.53.